The van der Waals surface area contributed by atoms with E-state index in [1.165, 1.54) is 0 Å². The molecule has 1 aromatic rings. The Morgan fingerprint density at radius 3 is 2.47 bits per heavy atom. The molecule has 0 aromatic heterocycles. The number of rotatable bonds is 6. The molecule has 1 unspecified atom stereocenters. The molecule has 0 aliphatic rings. The summed E-state index contributed by atoms with van der Waals surface area (Å²) in [5, 5.41) is 8.95. The summed E-state index contributed by atoms with van der Waals surface area (Å²) in [6.07, 6.45) is 0.791. The molecule has 0 saturated heterocycles. The van der Waals surface area contributed by atoms with Gasteiger partial charge in [0.1, 0.15) is 0 Å². The predicted octanol–water partition coefficient (Wildman–Crippen LogP) is 2.41. The number of hydrogen-bond donors (Lipinski definition) is 1. The van der Waals surface area contributed by atoms with Gasteiger partial charge in [-0.1, -0.05) is 32.0 Å². The van der Waals surface area contributed by atoms with Crippen LogP contribution in [0.3, 0.4) is 0 Å². The van der Waals surface area contributed by atoms with Crippen molar-refractivity contribution in [1.82, 2.24) is 4.72 Å². The summed E-state index contributed by atoms with van der Waals surface area (Å²) in [7, 11) is -3.41. The molecule has 0 fully saturated rings. The molecule has 0 saturated carbocycles. The van der Waals surface area contributed by atoms with Crippen molar-refractivity contribution in [3.8, 4) is 6.07 Å². The Kier molecular flexibility index (Phi) is 5.52. The van der Waals surface area contributed by atoms with Crippen molar-refractivity contribution >= 4 is 10.0 Å². The van der Waals surface area contributed by atoms with Gasteiger partial charge >= 0.3 is 0 Å². The molecule has 0 amide bonds. The molecule has 4 nitrogen and oxygen atoms in total. The van der Waals surface area contributed by atoms with Gasteiger partial charge in [-0.3, -0.25) is 0 Å². The van der Waals surface area contributed by atoms with Gasteiger partial charge in [-0.25, -0.2) is 13.1 Å². The zero-order chi connectivity index (χ0) is 14.5. The Morgan fingerprint density at radius 1 is 1.26 bits per heavy atom. The van der Waals surface area contributed by atoms with Gasteiger partial charge in [0.05, 0.1) is 17.4 Å². The van der Waals surface area contributed by atoms with Gasteiger partial charge in [0, 0.05) is 6.04 Å². The highest BCUT2D eigenvalue weighted by Gasteiger charge is 2.17. The molecular formula is C14H20N2O2S. The molecule has 0 aliphatic carbocycles. The molecule has 0 spiro atoms. The van der Waals surface area contributed by atoms with Gasteiger partial charge in [0.2, 0.25) is 10.0 Å². The van der Waals surface area contributed by atoms with Gasteiger partial charge in [-0.2, -0.15) is 5.26 Å². The Hall–Kier alpha value is -1.38. The van der Waals surface area contributed by atoms with E-state index in [0.29, 0.717) is 17.0 Å². The first-order valence-corrected chi connectivity index (χ1v) is 7.97. The highest BCUT2D eigenvalue weighted by Crippen LogP contribution is 2.12. The van der Waals surface area contributed by atoms with Gasteiger partial charge < -0.3 is 0 Å². The minimum Gasteiger partial charge on any atom is -0.212 e. The van der Waals surface area contributed by atoms with E-state index in [1.807, 2.05) is 13.0 Å². The van der Waals surface area contributed by atoms with E-state index in [4.69, 9.17) is 5.26 Å². The van der Waals surface area contributed by atoms with Crippen molar-refractivity contribution in [2.45, 2.75) is 39.0 Å². The van der Waals surface area contributed by atoms with Crippen LogP contribution in [0.5, 0.6) is 0 Å². The molecule has 5 heteroatoms. The number of nitriles is 1. The molecule has 104 valence electrons. The number of benzene rings is 1. The van der Waals surface area contributed by atoms with E-state index in [0.717, 1.165) is 6.42 Å². The topological polar surface area (TPSA) is 70.0 Å². The van der Waals surface area contributed by atoms with Crippen molar-refractivity contribution < 1.29 is 8.42 Å². The maximum atomic E-state index is 12.0. The van der Waals surface area contributed by atoms with Gasteiger partial charge in [-0.15, -0.1) is 0 Å². The third-order valence-electron chi connectivity index (χ3n) is 2.69. The van der Waals surface area contributed by atoms with E-state index in [1.54, 1.807) is 24.3 Å². The third kappa shape index (κ3) is 5.41. The summed E-state index contributed by atoms with van der Waals surface area (Å²) in [6, 6.07) is 8.68. The summed E-state index contributed by atoms with van der Waals surface area (Å²) in [4.78, 5) is 0. The van der Waals surface area contributed by atoms with Gasteiger partial charge in [0.15, 0.2) is 0 Å². The van der Waals surface area contributed by atoms with Gasteiger partial charge in [-0.05, 0) is 30.9 Å². The van der Waals surface area contributed by atoms with Gasteiger partial charge in [0.25, 0.3) is 0 Å². The van der Waals surface area contributed by atoms with Crippen molar-refractivity contribution in [2.24, 2.45) is 5.92 Å². The Labute approximate surface area is 115 Å². The zero-order valence-electron chi connectivity index (χ0n) is 11.6. The molecule has 1 rings (SSSR count). The summed E-state index contributed by atoms with van der Waals surface area (Å²) < 4.78 is 26.7. The van der Waals surface area contributed by atoms with Crippen molar-refractivity contribution in [3.05, 3.63) is 35.4 Å². The van der Waals surface area contributed by atoms with Crippen LogP contribution < -0.4 is 4.72 Å². The minimum absolute atomic E-state index is 0.0979. The maximum absolute atomic E-state index is 12.0. The second kappa shape index (κ2) is 6.69. The van der Waals surface area contributed by atoms with Crippen molar-refractivity contribution in [3.63, 3.8) is 0 Å². The number of nitrogens with zero attached hydrogens (tertiary/aromatic N) is 1. The predicted molar refractivity (Wildman–Crippen MR) is 75.8 cm³/mol. The molecule has 1 atom stereocenters. The third-order valence-corrected chi connectivity index (χ3v) is 4.14. The van der Waals surface area contributed by atoms with Crippen molar-refractivity contribution in [1.29, 1.82) is 5.26 Å². The van der Waals surface area contributed by atoms with E-state index in [9.17, 15) is 8.42 Å². The van der Waals surface area contributed by atoms with E-state index >= 15 is 0 Å². The van der Waals surface area contributed by atoms with Crippen LogP contribution in [-0.2, 0) is 15.8 Å². The van der Waals surface area contributed by atoms with Crippen LogP contribution in [0.4, 0.5) is 0 Å². The fourth-order valence-corrected chi connectivity index (χ4v) is 3.52. The molecule has 1 aromatic carbocycles. The van der Waals surface area contributed by atoms with E-state index < -0.39 is 10.0 Å². The number of nitrogens with one attached hydrogen (secondary N) is 1. The van der Waals surface area contributed by atoms with Crippen LogP contribution in [0, 0.1) is 17.2 Å². The highest BCUT2D eigenvalue weighted by molar-refractivity contribution is 7.88. The number of sulfonamides is 1. The monoisotopic (exact) mass is 280 g/mol. The second-order valence-corrected chi connectivity index (χ2v) is 6.93. The molecule has 1 N–H and O–H groups in total. The first-order valence-electron chi connectivity index (χ1n) is 6.32. The molecule has 19 heavy (non-hydrogen) atoms. The van der Waals surface area contributed by atoms with Crippen LogP contribution in [-0.4, -0.2) is 14.5 Å². The van der Waals surface area contributed by atoms with E-state index in [2.05, 4.69) is 18.6 Å². The fraction of sp³-hybridized carbons (Fsp3) is 0.500. The zero-order valence-corrected chi connectivity index (χ0v) is 12.4. The lowest BCUT2D eigenvalue weighted by Gasteiger charge is -2.16. The Bertz CT molecular complexity index is 559. The molecule has 0 aliphatic heterocycles. The lowest BCUT2D eigenvalue weighted by atomic mass is 10.1. The van der Waals surface area contributed by atoms with Crippen LogP contribution in [0.1, 0.15) is 38.3 Å². The fourth-order valence-electron chi connectivity index (χ4n) is 2.06. The highest BCUT2D eigenvalue weighted by atomic mass is 32.2. The average molecular weight is 280 g/mol. The Morgan fingerprint density at radius 2 is 1.89 bits per heavy atom. The maximum Gasteiger partial charge on any atom is 0.216 e. The van der Waals surface area contributed by atoms with Crippen LogP contribution in [0.2, 0.25) is 0 Å². The largest absolute Gasteiger partial charge is 0.216 e. The summed E-state index contributed by atoms with van der Waals surface area (Å²) in [6.45, 7) is 5.96. The smallest absolute Gasteiger partial charge is 0.212 e. The number of hydrogen-bond acceptors (Lipinski definition) is 3. The van der Waals surface area contributed by atoms with Crippen LogP contribution >= 0.6 is 0 Å². The average Bonchev–Trinajstić information content (AvgIpc) is 2.26. The van der Waals surface area contributed by atoms with Crippen LogP contribution in [0.25, 0.3) is 0 Å². The van der Waals surface area contributed by atoms with Crippen molar-refractivity contribution in [2.75, 3.05) is 0 Å². The quantitative estimate of drug-likeness (QED) is 0.870. The minimum atomic E-state index is -3.41. The Balaban J connectivity index is 2.78. The first-order chi connectivity index (χ1) is 8.84. The molecular weight excluding hydrogens is 260 g/mol. The summed E-state index contributed by atoms with van der Waals surface area (Å²) >= 11 is 0. The summed E-state index contributed by atoms with van der Waals surface area (Å²) in [5.41, 5.74) is 0.943. The van der Waals surface area contributed by atoms with Crippen LogP contribution in [0.15, 0.2) is 24.3 Å². The lowest BCUT2D eigenvalue weighted by molar-refractivity contribution is 0.482. The second-order valence-electron chi connectivity index (χ2n) is 5.18. The molecule has 0 heterocycles. The first kappa shape index (κ1) is 15.7. The normalized spacial score (nSPS) is 13.2. The lowest BCUT2D eigenvalue weighted by Crippen LogP contribution is -2.34. The standard InChI is InChI=1S/C14H20N2O2S/c1-11(2)8-12(3)16-19(17,18)10-14-7-5-4-6-13(14)9-15/h4-7,11-12,16H,8,10H2,1-3H3. The molecule has 0 bridgehead atoms. The molecule has 0 radical (unpaired) electrons. The summed E-state index contributed by atoms with van der Waals surface area (Å²) in [5.74, 6) is 0.281. The SMILES string of the molecule is CC(C)CC(C)NS(=O)(=O)Cc1ccccc1C#N. The van der Waals surface area contributed by atoms with E-state index in [-0.39, 0.29) is 11.8 Å².